The van der Waals surface area contributed by atoms with E-state index >= 15 is 0 Å². The number of nitrogens with one attached hydrogen (secondary N) is 1. The Morgan fingerprint density at radius 1 is 0.671 bits per heavy atom. The molecule has 0 aliphatic carbocycles. The van der Waals surface area contributed by atoms with Crippen molar-refractivity contribution >= 4 is 18.2 Å². The Morgan fingerprint density at radius 2 is 1.09 bits per heavy atom. The van der Waals surface area contributed by atoms with E-state index in [1.807, 2.05) is 71.0 Å². The molecule has 3 fully saturated rings. The van der Waals surface area contributed by atoms with E-state index in [-0.39, 0.29) is 82.0 Å². The van der Waals surface area contributed by atoms with Crippen LogP contribution in [-0.4, -0.2) is 198 Å². The highest BCUT2D eigenvalue weighted by Crippen LogP contribution is 2.20. The van der Waals surface area contributed by atoms with E-state index in [1.165, 1.54) is 16.0 Å². The van der Waals surface area contributed by atoms with Crippen molar-refractivity contribution in [1.82, 2.24) is 20.0 Å². The van der Waals surface area contributed by atoms with Crippen LogP contribution >= 0.6 is 0 Å². The molecular formula is C50H87N5O15. The van der Waals surface area contributed by atoms with Gasteiger partial charge >= 0.3 is 18.2 Å². The third kappa shape index (κ3) is 26.2. The first kappa shape index (κ1) is 63.7. The monoisotopic (exact) mass is 998 g/mol. The van der Waals surface area contributed by atoms with E-state index in [2.05, 4.69) is 29.3 Å². The van der Waals surface area contributed by atoms with Crippen molar-refractivity contribution < 1.29 is 73.1 Å². The summed E-state index contributed by atoms with van der Waals surface area (Å²) in [6.07, 6.45) is -2.18. The second kappa shape index (κ2) is 32.6. The maximum atomic E-state index is 11.9. The molecule has 20 nitrogen and oxygen atoms in total. The third-order valence-electron chi connectivity index (χ3n) is 10.4. The topological polar surface area (TPSA) is 265 Å². The number of carboxylic acid groups (broad SMARTS) is 1. The van der Waals surface area contributed by atoms with Crippen LogP contribution in [0.25, 0.3) is 0 Å². The Labute approximate surface area is 416 Å². The van der Waals surface area contributed by atoms with Crippen LogP contribution in [0.5, 0.6) is 11.5 Å². The van der Waals surface area contributed by atoms with Crippen molar-refractivity contribution in [2.24, 2.45) is 5.73 Å². The molecule has 0 radical (unpaired) electrons. The molecule has 5 rings (SSSR count). The maximum absolute atomic E-state index is 11.9. The van der Waals surface area contributed by atoms with Crippen LogP contribution in [0, 0.1) is 0 Å². The first-order valence-corrected chi connectivity index (χ1v) is 23.8. The lowest BCUT2D eigenvalue weighted by Gasteiger charge is -2.38. The van der Waals surface area contributed by atoms with E-state index in [1.54, 1.807) is 53.7 Å². The largest absolute Gasteiger partial charge is 0.497 e. The number of carbonyl (C=O) groups excluding carboxylic acids is 2. The van der Waals surface area contributed by atoms with Crippen LogP contribution in [0.4, 0.5) is 9.59 Å². The molecule has 0 bridgehead atoms. The molecule has 2 amide bonds. The molecule has 0 spiro atoms. The number of benzene rings is 2. The summed E-state index contributed by atoms with van der Waals surface area (Å²) in [5.41, 5.74) is 6.39. The predicted molar refractivity (Wildman–Crippen MR) is 266 cm³/mol. The molecule has 3 saturated heterocycles. The minimum atomic E-state index is -1.06. The van der Waals surface area contributed by atoms with Gasteiger partial charge in [-0.15, -0.1) is 0 Å². The van der Waals surface area contributed by atoms with Crippen molar-refractivity contribution in [1.29, 1.82) is 0 Å². The van der Waals surface area contributed by atoms with Crippen LogP contribution in [0.2, 0.25) is 0 Å². The number of nitrogens with two attached hydrogens (primary N) is 1. The molecule has 2 aromatic rings. The Balaban J connectivity index is 0.000000453. The average Bonchev–Trinajstić information content (AvgIpc) is 3.31. The van der Waals surface area contributed by atoms with Gasteiger partial charge < -0.3 is 74.6 Å². The standard InChI is InChI=1S/C14H21NO3.C11H19NO5.C11H21NO4.C11H17NO2.C3H9NO/c1-11-10-18-14(9-16)8-15(11)7-12-3-5-13(17-2)6-4-12;1-7-6-16-8(9(13)14)5-12(7)10(15)17-11(2,3)4;1-8-7-15-9(6-13)5-12(8)10(14)16-11(2,3)4;1-9(8-13)12-7-10-3-5-11(14-2)6-4-10;1-3(4)2-5/h3-6,11,14,16H,7-10H2,1-2H3;7-8H,5-6H2,1-4H3,(H,13,14);8-9,13H,5-7H2,1-4H3;3-6,9,12-13H,7-8H2,1-2H3;3,5H,2,4H2,1H3/t11?,14-;7?,8-;8?,9-;;/m111../s1. The highest BCUT2D eigenvalue weighted by atomic mass is 16.6. The highest BCUT2D eigenvalue weighted by Gasteiger charge is 2.36. The van der Waals surface area contributed by atoms with E-state index in [0.717, 1.165) is 31.1 Å². The zero-order chi connectivity index (χ0) is 53.2. The molecule has 70 heavy (non-hydrogen) atoms. The van der Waals surface area contributed by atoms with Gasteiger partial charge in [-0.3, -0.25) is 9.80 Å². The van der Waals surface area contributed by atoms with E-state index in [4.69, 9.17) is 64.4 Å². The van der Waals surface area contributed by atoms with Crippen molar-refractivity contribution in [3.05, 3.63) is 59.7 Å². The number of methoxy groups -OCH3 is 2. The molecule has 8 atom stereocenters. The quantitative estimate of drug-likeness (QED) is 0.159. The molecule has 0 aromatic heterocycles. The minimum absolute atomic E-state index is 0.0161. The van der Waals surface area contributed by atoms with Crippen LogP contribution < -0.4 is 20.5 Å². The summed E-state index contributed by atoms with van der Waals surface area (Å²) in [5, 5.41) is 47.0. The SMILES string of the molecule is CC(N)CO.CC1CO[C@@H](C(=O)O)CN1C(=O)OC(C)(C)C.CC1CO[C@@H](CO)CN1C(=O)OC(C)(C)C.COc1ccc(CN2C[C@H](CO)OCC2C)cc1.COc1ccc(CNC(C)CO)cc1. The van der Waals surface area contributed by atoms with Crippen molar-refractivity contribution in [3.63, 3.8) is 0 Å². The number of aliphatic hydroxyl groups is 4. The van der Waals surface area contributed by atoms with Gasteiger partial charge in [-0.2, -0.15) is 0 Å². The summed E-state index contributed by atoms with van der Waals surface area (Å²) in [6.45, 7) is 24.8. The first-order valence-electron chi connectivity index (χ1n) is 23.8. The molecule has 3 heterocycles. The van der Waals surface area contributed by atoms with Crippen molar-refractivity contribution in [2.45, 2.75) is 149 Å². The Kier molecular flexibility index (Phi) is 29.6. The van der Waals surface area contributed by atoms with Crippen LogP contribution in [0.15, 0.2) is 48.5 Å². The lowest BCUT2D eigenvalue weighted by molar-refractivity contribution is -0.158. The number of hydrogen-bond acceptors (Lipinski definition) is 17. The van der Waals surface area contributed by atoms with Gasteiger partial charge in [-0.05, 0) is 112 Å². The molecule has 3 aliphatic heterocycles. The number of nitrogens with zero attached hydrogens (tertiary/aromatic N) is 3. The molecule has 3 aliphatic rings. The Morgan fingerprint density at radius 3 is 1.49 bits per heavy atom. The normalized spacial score (nSPS) is 22.3. The number of rotatable bonds is 12. The molecule has 5 unspecified atom stereocenters. The Bertz CT molecular complexity index is 1740. The second-order valence-electron chi connectivity index (χ2n) is 19.5. The third-order valence-corrected chi connectivity index (χ3v) is 10.4. The summed E-state index contributed by atoms with van der Waals surface area (Å²) in [7, 11) is 3.33. The molecular weight excluding hydrogens is 911 g/mol. The fourth-order valence-corrected chi connectivity index (χ4v) is 6.26. The van der Waals surface area contributed by atoms with Crippen LogP contribution in [-0.2, 0) is 41.6 Å². The second-order valence-corrected chi connectivity index (χ2v) is 19.5. The van der Waals surface area contributed by atoms with Gasteiger partial charge in [0, 0.05) is 37.8 Å². The summed E-state index contributed by atoms with van der Waals surface area (Å²) in [6, 6.07) is 16.3. The van der Waals surface area contributed by atoms with Crippen molar-refractivity contribution in [3.8, 4) is 11.5 Å². The minimum Gasteiger partial charge on any atom is -0.497 e. The number of aliphatic carboxylic acids is 1. The number of amides is 2. The van der Waals surface area contributed by atoms with E-state index in [9.17, 15) is 14.4 Å². The van der Waals surface area contributed by atoms with E-state index < -0.39 is 29.4 Å². The summed E-state index contributed by atoms with van der Waals surface area (Å²) in [4.78, 5) is 39.9. The van der Waals surface area contributed by atoms with Gasteiger partial charge in [0.05, 0.1) is 97.8 Å². The molecule has 8 N–H and O–H groups in total. The van der Waals surface area contributed by atoms with Gasteiger partial charge in [0.25, 0.3) is 0 Å². The number of carbonyl (C=O) groups is 3. The van der Waals surface area contributed by atoms with Gasteiger partial charge in [0.15, 0.2) is 6.10 Å². The highest BCUT2D eigenvalue weighted by molar-refractivity contribution is 5.75. The zero-order valence-electron chi connectivity index (χ0n) is 44.0. The molecule has 20 heteroatoms. The van der Waals surface area contributed by atoms with Gasteiger partial charge in [-0.1, -0.05) is 24.3 Å². The maximum Gasteiger partial charge on any atom is 0.410 e. The summed E-state index contributed by atoms with van der Waals surface area (Å²) in [5.74, 6) is 0.677. The lowest BCUT2D eigenvalue weighted by Crippen LogP contribution is -2.54. The molecule has 402 valence electrons. The molecule has 2 aromatic carbocycles. The predicted octanol–water partition coefficient (Wildman–Crippen LogP) is 3.87. The number of aliphatic hydroxyl groups excluding tert-OH is 4. The average molecular weight is 998 g/mol. The van der Waals surface area contributed by atoms with Gasteiger partial charge in [0.2, 0.25) is 0 Å². The van der Waals surface area contributed by atoms with Gasteiger partial charge in [-0.25, -0.2) is 14.4 Å². The summed E-state index contributed by atoms with van der Waals surface area (Å²) < 4.78 is 36.7. The van der Waals surface area contributed by atoms with Crippen LogP contribution in [0.1, 0.15) is 87.3 Å². The first-order chi connectivity index (χ1) is 32.8. The smallest absolute Gasteiger partial charge is 0.410 e. The Hall–Kier alpha value is -4.35. The number of ether oxygens (including phenoxy) is 7. The summed E-state index contributed by atoms with van der Waals surface area (Å²) >= 11 is 0. The fourth-order valence-electron chi connectivity index (χ4n) is 6.26. The molecule has 0 saturated carbocycles. The lowest BCUT2D eigenvalue weighted by atomic mass is 10.1. The van der Waals surface area contributed by atoms with Gasteiger partial charge in [0.1, 0.15) is 22.7 Å². The number of morpholine rings is 3. The number of carboxylic acids is 1. The van der Waals surface area contributed by atoms with Crippen molar-refractivity contribution in [2.75, 3.05) is 80.1 Å². The fraction of sp³-hybridized carbons (Fsp3) is 0.700. The number of hydrogen-bond donors (Lipinski definition) is 7. The zero-order valence-corrected chi connectivity index (χ0v) is 44.0. The van der Waals surface area contributed by atoms with E-state index in [0.29, 0.717) is 25.8 Å². The van der Waals surface area contributed by atoms with Crippen LogP contribution in [0.3, 0.4) is 0 Å².